The van der Waals surface area contributed by atoms with Crippen LogP contribution in [0.1, 0.15) is 24.0 Å². The molecule has 1 saturated heterocycles. The van der Waals surface area contributed by atoms with Gasteiger partial charge < -0.3 is 15.5 Å². The van der Waals surface area contributed by atoms with Crippen molar-refractivity contribution in [3.8, 4) is 0 Å². The number of aryl methyl sites for hydroxylation is 2. The van der Waals surface area contributed by atoms with E-state index < -0.39 is 0 Å². The topological polar surface area (TPSA) is 61.4 Å². The normalized spacial score (nSPS) is 14.1. The molecule has 2 rings (SSSR count). The van der Waals surface area contributed by atoms with Crippen LogP contribution >= 0.6 is 0 Å². The van der Waals surface area contributed by atoms with E-state index in [0.717, 1.165) is 42.7 Å². The van der Waals surface area contributed by atoms with Crippen molar-refractivity contribution in [2.24, 2.45) is 0 Å². The third-order valence-electron chi connectivity index (χ3n) is 3.73. The molecule has 1 aliphatic heterocycles. The standard InChI is InChI=1S/C16H23N3O2/c1-12-5-6-13(2)14(9-12)17-10-15(20)18-11-16(21)19-7-3-4-8-19/h5-6,9,17H,3-4,7-8,10-11H2,1-2H3,(H,18,20). The van der Waals surface area contributed by atoms with Crippen LogP contribution in [0, 0.1) is 13.8 Å². The van der Waals surface area contributed by atoms with Crippen LogP contribution < -0.4 is 10.6 Å². The molecule has 1 heterocycles. The molecule has 1 aliphatic rings. The van der Waals surface area contributed by atoms with Crippen LogP contribution in [0.2, 0.25) is 0 Å². The maximum atomic E-state index is 11.8. The van der Waals surface area contributed by atoms with Gasteiger partial charge >= 0.3 is 0 Å². The second-order valence-corrected chi connectivity index (χ2v) is 5.54. The Balaban J connectivity index is 1.74. The molecule has 0 radical (unpaired) electrons. The molecule has 21 heavy (non-hydrogen) atoms. The number of hydrogen-bond acceptors (Lipinski definition) is 3. The molecule has 0 aliphatic carbocycles. The first kappa shape index (κ1) is 15.4. The van der Waals surface area contributed by atoms with E-state index in [1.54, 1.807) is 4.90 Å². The lowest BCUT2D eigenvalue weighted by Gasteiger charge is -2.16. The van der Waals surface area contributed by atoms with E-state index in [9.17, 15) is 9.59 Å². The summed E-state index contributed by atoms with van der Waals surface area (Å²) in [6.45, 7) is 5.91. The van der Waals surface area contributed by atoms with Crippen molar-refractivity contribution in [2.45, 2.75) is 26.7 Å². The van der Waals surface area contributed by atoms with Gasteiger partial charge in [-0.05, 0) is 43.9 Å². The Morgan fingerprint density at radius 3 is 2.57 bits per heavy atom. The van der Waals surface area contributed by atoms with Crippen molar-refractivity contribution in [1.82, 2.24) is 10.2 Å². The molecule has 2 N–H and O–H groups in total. The van der Waals surface area contributed by atoms with Gasteiger partial charge in [-0.25, -0.2) is 0 Å². The van der Waals surface area contributed by atoms with Crippen LogP contribution in [-0.4, -0.2) is 42.9 Å². The fraction of sp³-hybridized carbons (Fsp3) is 0.500. The predicted molar refractivity (Wildman–Crippen MR) is 83.2 cm³/mol. The highest BCUT2D eigenvalue weighted by Gasteiger charge is 2.17. The van der Waals surface area contributed by atoms with Crippen LogP contribution in [0.5, 0.6) is 0 Å². The minimum Gasteiger partial charge on any atom is -0.376 e. The van der Waals surface area contributed by atoms with Gasteiger partial charge in [0.25, 0.3) is 0 Å². The highest BCUT2D eigenvalue weighted by Crippen LogP contribution is 2.15. The van der Waals surface area contributed by atoms with Gasteiger partial charge in [0.05, 0.1) is 13.1 Å². The number of amides is 2. The van der Waals surface area contributed by atoms with Gasteiger partial charge in [-0.1, -0.05) is 12.1 Å². The first-order valence-corrected chi connectivity index (χ1v) is 7.42. The zero-order valence-electron chi connectivity index (χ0n) is 12.7. The molecular weight excluding hydrogens is 266 g/mol. The van der Waals surface area contributed by atoms with Crippen LogP contribution in [0.25, 0.3) is 0 Å². The molecule has 0 unspecified atom stereocenters. The van der Waals surface area contributed by atoms with Gasteiger partial charge in [0.15, 0.2) is 0 Å². The number of carbonyl (C=O) groups excluding carboxylic acids is 2. The van der Waals surface area contributed by atoms with E-state index in [0.29, 0.717) is 0 Å². The molecule has 0 spiro atoms. The Hall–Kier alpha value is -2.04. The zero-order chi connectivity index (χ0) is 15.2. The van der Waals surface area contributed by atoms with Crippen molar-refractivity contribution in [2.75, 3.05) is 31.5 Å². The molecule has 0 bridgehead atoms. The molecule has 5 nitrogen and oxygen atoms in total. The van der Waals surface area contributed by atoms with Gasteiger partial charge in [-0.15, -0.1) is 0 Å². The molecule has 1 aromatic carbocycles. The number of anilines is 1. The average molecular weight is 289 g/mol. The van der Waals surface area contributed by atoms with E-state index in [2.05, 4.69) is 10.6 Å². The Kier molecular flexibility index (Phi) is 5.20. The molecule has 1 aromatic rings. The van der Waals surface area contributed by atoms with E-state index in [-0.39, 0.29) is 24.9 Å². The summed E-state index contributed by atoms with van der Waals surface area (Å²) in [5.41, 5.74) is 3.20. The number of benzene rings is 1. The summed E-state index contributed by atoms with van der Waals surface area (Å²) in [4.78, 5) is 25.4. The number of likely N-dealkylation sites (tertiary alicyclic amines) is 1. The lowest BCUT2D eigenvalue weighted by atomic mass is 10.1. The van der Waals surface area contributed by atoms with E-state index in [1.807, 2.05) is 32.0 Å². The number of nitrogens with one attached hydrogen (secondary N) is 2. The van der Waals surface area contributed by atoms with Crippen molar-refractivity contribution < 1.29 is 9.59 Å². The Labute approximate surface area is 125 Å². The van der Waals surface area contributed by atoms with Crippen molar-refractivity contribution >= 4 is 17.5 Å². The second-order valence-electron chi connectivity index (χ2n) is 5.54. The summed E-state index contributed by atoms with van der Waals surface area (Å²) in [5, 5.41) is 5.78. The lowest BCUT2D eigenvalue weighted by molar-refractivity contribution is -0.131. The molecule has 5 heteroatoms. The summed E-state index contributed by atoms with van der Waals surface area (Å²) in [6, 6.07) is 6.07. The Morgan fingerprint density at radius 1 is 1.14 bits per heavy atom. The smallest absolute Gasteiger partial charge is 0.241 e. The molecular formula is C16H23N3O2. The van der Waals surface area contributed by atoms with Crippen LogP contribution in [0.3, 0.4) is 0 Å². The zero-order valence-corrected chi connectivity index (χ0v) is 12.7. The molecule has 1 fully saturated rings. The van der Waals surface area contributed by atoms with Crippen molar-refractivity contribution in [3.05, 3.63) is 29.3 Å². The fourth-order valence-corrected chi connectivity index (χ4v) is 2.42. The molecule has 0 aromatic heterocycles. The van der Waals surface area contributed by atoms with Gasteiger partial charge in [0.2, 0.25) is 11.8 Å². The van der Waals surface area contributed by atoms with Gasteiger partial charge in [0, 0.05) is 18.8 Å². The maximum absolute atomic E-state index is 11.8. The van der Waals surface area contributed by atoms with E-state index in [1.165, 1.54) is 0 Å². The second kappa shape index (κ2) is 7.11. The van der Waals surface area contributed by atoms with Gasteiger partial charge in [0.1, 0.15) is 0 Å². The molecule has 2 amide bonds. The first-order chi connectivity index (χ1) is 10.1. The molecule has 0 atom stereocenters. The fourth-order valence-electron chi connectivity index (χ4n) is 2.42. The van der Waals surface area contributed by atoms with Crippen molar-refractivity contribution in [3.63, 3.8) is 0 Å². The summed E-state index contributed by atoms with van der Waals surface area (Å²) in [6.07, 6.45) is 2.13. The molecule has 0 saturated carbocycles. The van der Waals surface area contributed by atoms with Crippen LogP contribution in [-0.2, 0) is 9.59 Å². The lowest BCUT2D eigenvalue weighted by Crippen LogP contribution is -2.40. The highest BCUT2D eigenvalue weighted by molar-refractivity contribution is 5.87. The van der Waals surface area contributed by atoms with Gasteiger partial charge in [-0.3, -0.25) is 9.59 Å². The monoisotopic (exact) mass is 289 g/mol. The number of carbonyl (C=O) groups is 2. The summed E-state index contributed by atoms with van der Waals surface area (Å²) in [7, 11) is 0. The summed E-state index contributed by atoms with van der Waals surface area (Å²) < 4.78 is 0. The third-order valence-corrected chi connectivity index (χ3v) is 3.73. The minimum atomic E-state index is -0.163. The Morgan fingerprint density at radius 2 is 1.86 bits per heavy atom. The highest BCUT2D eigenvalue weighted by atomic mass is 16.2. The maximum Gasteiger partial charge on any atom is 0.241 e. The number of rotatable bonds is 5. The number of hydrogen-bond donors (Lipinski definition) is 2. The average Bonchev–Trinajstić information content (AvgIpc) is 3.00. The predicted octanol–water partition coefficient (Wildman–Crippen LogP) is 1.45. The van der Waals surface area contributed by atoms with Crippen LogP contribution in [0.15, 0.2) is 18.2 Å². The van der Waals surface area contributed by atoms with E-state index >= 15 is 0 Å². The largest absolute Gasteiger partial charge is 0.376 e. The quantitative estimate of drug-likeness (QED) is 0.862. The SMILES string of the molecule is Cc1ccc(C)c(NCC(=O)NCC(=O)N2CCCC2)c1. The van der Waals surface area contributed by atoms with E-state index in [4.69, 9.17) is 0 Å². The Bertz CT molecular complexity index is 522. The minimum absolute atomic E-state index is 0.00702. The summed E-state index contributed by atoms with van der Waals surface area (Å²) in [5.74, 6) is -0.156. The van der Waals surface area contributed by atoms with Crippen LogP contribution in [0.4, 0.5) is 5.69 Å². The van der Waals surface area contributed by atoms with Gasteiger partial charge in [-0.2, -0.15) is 0 Å². The first-order valence-electron chi connectivity index (χ1n) is 7.42. The number of nitrogens with zero attached hydrogens (tertiary/aromatic N) is 1. The van der Waals surface area contributed by atoms with Crippen molar-refractivity contribution in [1.29, 1.82) is 0 Å². The molecule has 114 valence electrons. The summed E-state index contributed by atoms with van der Waals surface area (Å²) >= 11 is 0. The third kappa shape index (κ3) is 4.48.